The molecule has 2 nitrogen and oxygen atoms in total. The van der Waals surface area contributed by atoms with Gasteiger partial charge in [-0.2, -0.15) is 0 Å². The molecule has 0 fully saturated rings. The lowest BCUT2D eigenvalue weighted by Gasteiger charge is -2.14. The van der Waals surface area contributed by atoms with Crippen LogP contribution in [0.3, 0.4) is 0 Å². The lowest BCUT2D eigenvalue weighted by atomic mass is 10.1. The van der Waals surface area contributed by atoms with E-state index in [1.54, 1.807) is 18.2 Å². The molecule has 1 rings (SSSR count). The number of halogens is 2. The highest BCUT2D eigenvalue weighted by molar-refractivity contribution is 6.30. The van der Waals surface area contributed by atoms with Gasteiger partial charge in [0.05, 0.1) is 13.2 Å². The van der Waals surface area contributed by atoms with Crippen molar-refractivity contribution in [1.82, 2.24) is 0 Å². The number of aliphatic hydroxyl groups is 1. The van der Waals surface area contributed by atoms with Crippen LogP contribution in [0.2, 0.25) is 5.02 Å². The fourth-order valence-corrected chi connectivity index (χ4v) is 1.49. The van der Waals surface area contributed by atoms with Gasteiger partial charge < -0.3 is 9.84 Å². The summed E-state index contributed by atoms with van der Waals surface area (Å²) in [5.74, 6) is 0.466. The number of alkyl halides is 1. The van der Waals surface area contributed by atoms with Crippen molar-refractivity contribution in [2.24, 2.45) is 0 Å². The predicted octanol–water partition coefficient (Wildman–Crippen LogP) is 3.19. The standard InChI is InChI=1S/C12H14Cl2O2/c13-7-1-2-8-16-12(9-15)10-3-5-11(14)6-4-10/h1-6,12,15H,7-9H2/b2-1+. The Balaban J connectivity index is 2.53. The molecular weight excluding hydrogens is 247 g/mol. The van der Waals surface area contributed by atoms with E-state index in [1.165, 1.54) is 0 Å². The summed E-state index contributed by atoms with van der Waals surface area (Å²) in [5.41, 5.74) is 0.908. The zero-order valence-corrected chi connectivity index (χ0v) is 10.3. The summed E-state index contributed by atoms with van der Waals surface area (Å²) in [5, 5.41) is 9.87. The third kappa shape index (κ3) is 4.54. The maximum absolute atomic E-state index is 9.20. The quantitative estimate of drug-likeness (QED) is 0.629. The molecule has 0 aromatic heterocycles. The molecule has 1 aromatic carbocycles. The Morgan fingerprint density at radius 1 is 1.25 bits per heavy atom. The number of hydrogen-bond acceptors (Lipinski definition) is 2. The van der Waals surface area contributed by atoms with Crippen molar-refractivity contribution in [1.29, 1.82) is 0 Å². The van der Waals surface area contributed by atoms with E-state index in [4.69, 9.17) is 27.9 Å². The molecule has 0 aliphatic carbocycles. The Kier molecular flexibility index (Phi) is 6.50. The van der Waals surface area contributed by atoms with Gasteiger partial charge in [-0.25, -0.2) is 0 Å². The molecule has 0 amide bonds. The van der Waals surface area contributed by atoms with Crippen LogP contribution >= 0.6 is 23.2 Å². The third-order valence-corrected chi connectivity index (χ3v) is 2.49. The van der Waals surface area contributed by atoms with Crippen molar-refractivity contribution in [3.8, 4) is 0 Å². The first-order valence-corrected chi connectivity index (χ1v) is 5.88. The van der Waals surface area contributed by atoms with Gasteiger partial charge in [0.1, 0.15) is 6.10 Å². The number of ether oxygens (including phenoxy) is 1. The molecule has 0 heterocycles. The van der Waals surface area contributed by atoms with Crippen LogP contribution in [0, 0.1) is 0 Å². The molecule has 0 radical (unpaired) electrons. The van der Waals surface area contributed by atoms with Crippen molar-refractivity contribution in [3.05, 3.63) is 47.0 Å². The second-order valence-electron chi connectivity index (χ2n) is 3.18. The van der Waals surface area contributed by atoms with E-state index in [1.807, 2.05) is 18.2 Å². The van der Waals surface area contributed by atoms with Gasteiger partial charge in [0, 0.05) is 10.9 Å². The summed E-state index contributed by atoms with van der Waals surface area (Å²) >= 11 is 11.3. The minimum atomic E-state index is -0.322. The Hall–Kier alpha value is -0.540. The van der Waals surface area contributed by atoms with E-state index in [9.17, 15) is 5.11 Å². The van der Waals surface area contributed by atoms with Crippen molar-refractivity contribution < 1.29 is 9.84 Å². The van der Waals surface area contributed by atoms with Crippen LogP contribution in [-0.2, 0) is 4.74 Å². The smallest absolute Gasteiger partial charge is 0.106 e. The third-order valence-electron chi connectivity index (χ3n) is 2.06. The molecule has 1 unspecified atom stereocenters. The molecule has 88 valence electrons. The molecule has 0 aliphatic rings. The largest absolute Gasteiger partial charge is 0.393 e. The average molecular weight is 261 g/mol. The Bertz CT molecular complexity index is 322. The lowest BCUT2D eigenvalue weighted by Crippen LogP contribution is -2.08. The maximum atomic E-state index is 9.20. The molecule has 0 aliphatic heterocycles. The monoisotopic (exact) mass is 260 g/mol. The predicted molar refractivity (Wildman–Crippen MR) is 67.1 cm³/mol. The Morgan fingerprint density at radius 2 is 1.94 bits per heavy atom. The molecule has 0 saturated heterocycles. The van der Waals surface area contributed by atoms with Gasteiger partial charge in [-0.15, -0.1) is 11.6 Å². The molecule has 0 bridgehead atoms. The molecule has 1 atom stereocenters. The molecule has 1 aromatic rings. The van der Waals surface area contributed by atoms with Crippen LogP contribution in [-0.4, -0.2) is 24.2 Å². The average Bonchev–Trinajstić information content (AvgIpc) is 2.31. The zero-order chi connectivity index (χ0) is 11.8. The summed E-state index contributed by atoms with van der Waals surface area (Å²) in [7, 11) is 0. The van der Waals surface area contributed by atoms with Gasteiger partial charge in [0.25, 0.3) is 0 Å². The van der Waals surface area contributed by atoms with Crippen LogP contribution in [0.1, 0.15) is 11.7 Å². The summed E-state index contributed by atoms with van der Waals surface area (Å²) < 4.78 is 5.48. The Labute approximate surface area is 105 Å². The SMILES string of the molecule is OCC(OC/C=C/CCl)c1ccc(Cl)cc1. The topological polar surface area (TPSA) is 29.5 Å². The number of benzene rings is 1. The van der Waals surface area contributed by atoms with Crippen LogP contribution in [0.15, 0.2) is 36.4 Å². The number of allylic oxidation sites excluding steroid dienone is 1. The van der Waals surface area contributed by atoms with Crippen LogP contribution in [0.25, 0.3) is 0 Å². The van der Waals surface area contributed by atoms with Gasteiger partial charge in [0.15, 0.2) is 0 Å². The van der Waals surface area contributed by atoms with E-state index in [-0.39, 0.29) is 12.7 Å². The molecule has 0 saturated carbocycles. The summed E-state index contributed by atoms with van der Waals surface area (Å²) in [6.07, 6.45) is 3.31. The van der Waals surface area contributed by atoms with Crippen molar-refractivity contribution in [2.45, 2.75) is 6.10 Å². The summed E-state index contributed by atoms with van der Waals surface area (Å²) in [6, 6.07) is 7.23. The van der Waals surface area contributed by atoms with Crippen molar-refractivity contribution in [2.75, 3.05) is 19.1 Å². The van der Waals surface area contributed by atoms with Crippen molar-refractivity contribution in [3.63, 3.8) is 0 Å². The molecule has 1 N–H and O–H groups in total. The second-order valence-corrected chi connectivity index (χ2v) is 3.93. The van der Waals surface area contributed by atoms with Gasteiger partial charge >= 0.3 is 0 Å². The van der Waals surface area contributed by atoms with Gasteiger partial charge in [-0.05, 0) is 17.7 Å². The fourth-order valence-electron chi connectivity index (χ4n) is 1.23. The number of rotatable bonds is 6. The number of hydrogen-bond donors (Lipinski definition) is 1. The molecule has 16 heavy (non-hydrogen) atoms. The van der Waals surface area contributed by atoms with Crippen LogP contribution in [0.5, 0.6) is 0 Å². The van der Waals surface area contributed by atoms with E-state index >= 15 is 0 Å². The fraction of sp³-hybridized carbons (Fsp3) is 0.333. The minimum absolute atomic E-state index is 0.0592. The van der Waals surface area contributed by atoms with Crippen LogP contribution < -0.4 is 0 Å². The molecule has 0 spiro atoms. The van der Waals surface area contributed by atoms with E-state index in [0.717, 1.165) is 5.56 Å². The van der Waals surface area contributed by atoms with Gasteiger partial charge in [-0.3, -0.25) is 0 Å². The van der Waals surface area contributed by atoms with E-state index in [0.29, 0.717) is 17.5 Å². The molecular formula is C12H14Cl2O2. The number of aliphatic hydroxyl groups excluding tert-OH is 1. The first-order chi connectivity index (χ1) is 7.77. The van der Waals surface area contributed by atoms with E-state index in [2.05, 4.69) is 0 Å². The zero-order valence-electron chi connectivity index (χ0n) is 8.77. The minimum Gasteiger partial charge on any atom is -0.393 e. The van der Waals surface area contributed by atoms with Gasteiger partial charge in [0.2, 0.25) is 0 Å². The highest BCUT2D eigenvalue weighted by atomic mass is 35.5. The first-order valence-electron chi connectivity index (χ1n) is 4.96. The summed E-state index contributed by atoms with van der Waals surface area (Å²) in [6.45, 7) is 0.372. The first kappa shape index (κ1) is 13.5. The van der Waals surface area contributed by atoms with Crippen LogP contribution in [0.4, 0.5) is 0 Å². The summed E-state index contributed by atoms with van der Waals surface area (Å²) in [4.78, 5) is 0. The maximum Gasteiger partial charge on any atom is 0.106 e. The highest BCUT2D eigenvalue weighted by Crippen LogP contribution is 2.19. The van der Waals surface area contributed by atoms with Gasteiger partial charge in [-0.1, -0.05) is 35.9 Å². The van der Waals surface area contributed by atoms with E-state index < -0.39 is 0 Å². The van der Waals surface area contributed by atoms with Crippen molar-refractivity contribution >= 4 is 23.2 Å². The lowest BCUT2D eigenvalue weighted by molar-refractivity contribution is 0.0274. The second kappa shape index (κ2) is 7.69. The molecule has 4 heteroatoms. The Morgan fingerprint density at radius 3 is 2.50 bits per heavy atom. The normalized spacial score (nSPS) is 13.2. The highest BCUT2D eigenvalue weighted by Gasteiger charge is 2.09.